The summed E-state index contributed by atoms with van der Waals surface area (Å²) in [4.78, 5) is 10.6. The average Bonchev–Trinajstić information content (AvgIpc) is 2.37. The number of hydrogen-bond acceptors (Lipinski definition) is 4. The highest BCUT2D eigenvalue weighted by atomic mass is 28.4. The van der Waals surface area contributed by atoms with Crippen LogP contribution in [0.3, 0.4) is 0 Å². The number of rotatable bonds is 6. The van der Waals surface area contributed by atoms with E-state index < -0.39 is 8.32 Å². The second kappa shape index (κ2) is 6.59. The van der Waals surface area contributed by atoms with Crippen LogP contribution in [0.15, 0.2) is 18.2 Å². The van der Waals surface area contributed by atoms with Crippen LogP contribution in [0.5, 0.6) is 5.75 Å². The van der Waals surface area contributed by atoms with E-state index in [1.165, 1.54) is 0 Å². The van der Waals surface area contributed by atoms with Gasteiger partial charge in [0.1, 0.15) is 5.75 Å². The second-order valence-electron chi connectivity index (χ2n) is 6.64. The van der Waals surface area contributed by atoms with Crippen molar-refractivity contribution in [1.82, 2.24) is 0 Å². The molecule has 0 spiro atoms. The Balaban J connectivity index is 3.06. The number of carbonyl (C=O) groups is 1. The predicted octanol–water partition coefficient (Wildman–Crippen LogP) is 2.98. The van der Waals surface area contributed by atoms with Crippen LogP contribution in [0.4, 0.5) is 5.69 Å². The van der Waals surface area contributed by atoms with Crippen LogP contribution in [0.1, 0.15) is 32.4 Å². The highest BCUT2D eigenvalue weighted by Crippen LogP contribution is 2.40. The van der Waals surface area contributed by atoms with Gasteiger partial charge in [0, 0.05) is 6.54 Å². The van der Waals surface area contributed by atoms with Gasteiger partial charge in [-0.15, -0.1) is 0 Å². The van der Waals surface area contributed by atoms with Gasteiger partial charge in [0.05, 0.1) is 11.8 Å². The highest BCUT2D eigenvalue weighted by Gasteiger charge is 2.39. The van der Waals surface area contributed by atoms with Crippen molar-refractivity contribution in [2.45, 2.75) is 45.0 Å². The summed E-state index contributed by atoms with van der Waals surface area (Å²) < 4.78 is 6.33. The summed E-state index contributed by atoms with van der Waals surface area (Å²) in [5.41, 5.74) is 7.07. The minimum atomic E-state index is -1.95. The third-order valence-electron chi connectivity index (χ3n) is 4.06. The highest BCUT2D eigenvalue weighted by molar-refractivity contribution is 6.74. The zero-order chi connectivity index (χ0) is 16.3. The number of nitrogens with one attached hydrogen (secondary N) is 1. The standard InChI is InChI=1S/C15H26N2O3Si/c1-15(2,3)21(4,5)20-14(9-16)11-6-7-13(19)12(8-11)17-10-18/h6-8,10,14,19H,9,16H2,1-5H3,(H,17,18). The predicted molar refractivity (Wildman–Crippen MR) is 87.9 cm³/mol. The van der Waals surface area contributed by atoms with Crippen molar-refractivity contribution >= 4 is 20.4 Å². The first-order valence-electron chi connectivity index (χ1n) is 7.03. The Bertz CT molecular complexity index is 498. The molecule has 0 heterocycles. The first-order valence-corrected chi connectivity index (χ1v) is 9.94. The normalized spacial score (nSPS) is 13.8. The Morgan fingerprint density at radius 1 is 1.43 bits per heavy atom. The minimum Gasteiger partial charge on any atom is -0.506 e. The zero-order valence-electron chi connectivity index (χ0n) is 13.4. The molecule has 1 unspecified atom stereocenters. The summed E-state index contributed by atoms with van der Waals surface area (Å²) in [6.07, 6.45) is 0.282. The van der Waals surface area contributed by atoms with Gasteiger partial charge in [-0.1, -0.05) is 26.8 Å². The molecule has 0 fully saturated rings. The number of carbonyl (C=O) groups excluding carboxylic acids is 1. The third kappa shape index (κ3) is 4.29. The molecule has 1 aromatic rings. The number of anilines is 1. The Kier molecular flexibility index (Phi) is 5.55. The molecule has 0 aliphatic rings. The lowest BCUT2D eigenvalue weighted by molar-refractivity contribution is -0.105. The maximum Gasteiger partial charge on any atom is 0.211 e. The molecule has 0 aliphatic carbocycles. The minimum absolute atomic E-state index is 0.0222. The number of aromatic hydroxyl groups is 1. The zero-order valence-corrected chi connectivity index (χ0v) is 14.4. The van der Waals surface area contributed by atoms with Gasteiger partial charge >= 0.3 is 0 Å². The Hall–Kier alpha value is -1.37. The van der Waals surface area contributed by atoms with Crippen LogP contribution in [0, 0.1) is 0 Å². The molecule has 1 rings (SSSR count). The summed E-state index contributed by atoms with van der Waals surface area (Å²) in [6, 6.07) is 5.02. The molecule has 4 N–H and O–H groups in total. The quantitative estimate of drug-likeness (QED) is 0.428. The maximum absolute atomic E-state index is 10.6. The smallest absolute Gasteiger partial charge is 0.211 e. The van der Waals surface area contributed by atoms with E-state index in [0.29, 0.717) is 18.6 Å². The molecule has 1 amide bonds. The summed E-state index contributed by atoms with van der Waals surface area (Å²) >= 11 is 0. The third-order valence-corrected chi connectivity index (χ3v) is 8.55. The summed E-state index contributed by atoms with van der Waals surface area (Å²) in [6.45, 7) is 11.2. The molecular formula is C15H26N2O3Si. The van der Waals surface area contributed by atoms with Gasteiger partial charge in [-0.2, -0.15) is 0 Å². The fraction of sp³-hybridized carbons (Fsp3) is 0.533. The molecule has 0 aromatic heterocycles. The molecule has 0 bridgehead atoms. The monoisotopic (exact) mass is 310 g/mol. The van der Waals surface area contributed by atoms with E-state index in [0.717, 1.165) is 5.56 Å². The van der Waals surface area contributed by atoms with Crippen molar-refractivity contribution in [2.24, 2.45) is 5.73 Å². The van der Waals surface area contributed by atoms with Crippen LogP contribution in [0.2, 0.25) is 18.1 Å². The fourth-order valence-corrected chi connectivity index (χ4v) is 3.01. The van der Waals surface area contributed by atoms with Gasteiger partial charge in [-0.25, -0.2) is 0 Å². The molecule has 1 atom stereocenters. The van der Waals surface area contributed by atoms with Gasteiger partial charge in [-0.05, 0) is 35.8 Å². The van der Waals surface area contributed by atoms with E-state index in [2.05, 4.69) is 39.2 Å². The van der Waals surface area contributed by atoms with E-state index in [-0.39, 0.29) is 16.9 Å². The van der Waals surface area contributed by atoms with Crippen LogP contribution in [-0.4, -0.2) is 26.4 Å². The first-order chi connectivity index (χ1) is 9.62. The van der Waals surface area contributed by atoms with Crippen molar-refractivity contribution in [3.05, 3.63) is 23.8 Å². The lowest BCUT2D eigenvalue weighted by Crippen LogP contribution is -2.43. The van der Waals surface area contributed by atoms with Crippen LogP contribution in [-0.2, 0) is 9.22 Å². The fourth-order valence-electron chi connectivity index (χ4n) is 1.72. The Labute approximate surface area is 127 Å². The van der Waals surface area contributed by atoms with Gasteiger partial charge in [0.2, 0.25) is 6.41 Å². The molecule has 0 saturated heterocycles. The van der Waals surface area contributed by atoms with Crippen LogP contribution in [0.25, 0.3) is 0 Å². The topological polar surface area (TPSA) is 84.6 Å². The second-order valence-corrected chi connectivity index (χ2v) is 11.4. The van der Waals surface area contributed by atoms with E-state index in [4.69, 9.17) is 10.2 Å². The molecule has 0 aliphatic heterocycles. The number of benzene rings is 1. The van der Waals surface area contributed by atoms with E-state index in [9.17, 15) is 9.90 Å². The summed E-state index contributed by atoms with van der Waals surface area (Å²) in [7, 11) is -1.95. The van der Waals surface area contributed by atoms with E-state index in [1.54, 1.807) is 18.2 Å². The summed E-state index contributed by atoms with van der Waals surface area (Å²) in [5, 5.41) is 12.3. The van der Waals surface area contributed by atoms with Crippen molar-refractivity contribution in [3.8, 4) is 5.75 Å². The maximum atomic E-state index is 10.6. The van der Waals surface area contributed by atoms with Crippen LogP contribution >= 0.6 is 0 Å². The van der Waals surface area contributed by atoms with Crippen molar-refractivity contribution in [3.63, 3.8) is 0 Å². The average molecular weight is 310 g/mol. The molecule has 6 heteroatoms. The molecule has 0 radical (unpaired) electrons. The van der Waals surface area contributed by atoms with Gasteiger partial charge in [-0.3, -0.25) is 4.79 Å². The van der Waals surface area contributed by atoms with Gasteiger partial charge in [0.15, 0.2) is 8.32 Å². The summed E-state index contributed by atoms with van der Waals surface area (Å²) in [5.74, 6) is 0.0222. The van der Waals surface area contributed by atoms with Gasteiger partial charge in [0.25, 0.3) is 0 Å². The van der Waals surface area contributed by atoms with E-state index in [1.807, 2.05) is 0 Å². The lowest BCUT2D eigenvalue weighted by Gasteiger charge is -2.39. The number of phenolic OH excluding ortho intramolecular Hbond substituents is 1. The molecule has 5 nitrogen and oxygen atoms in total. The van der Waals surface area contributed by atoms with Crippen LogP contribution < -0.4 is 11.1 Å². The molecule has 21 heavy (non-hydrogen) atoms. The van der Waals surface area contributed by atoms with Gasteiger partial charge < -0.3 is 20.6 Å². The SMILES string of the molecule is CC(C)(C)[Si](C)(C)OC(CN)c1ccc(O)c(NC=O)c1. The molecular weight excluding hydrogens is 284 g/mol. The first kappa shape index (κ1) is 17.7. The molecule has 118 valence electrons. The number of phenols is 1. The Morgan fingerprint density at radius 3 is 2.52 bits per heavy atom. The number of hydrogen-bond donors (Lipinski definition) is 3. The van der Waals surface area contributed by atoms with E-state index >= 15 is 0 Å². The Morgan fingerprint density at radius 2 is 2.05 bits per heavy atom. The number of nitrogens with two attached hydrogens (primary N) is 1. The van der Waals surface area contributed by atoms with Crippen molar-refractivity contribution in [2.75, 3.05) is 11.9 Å². The molecule has 1 aromatic carbocycles. The van der Waals surface area contributed by atoms with Crippen molar-refractivity contribution < 1.29 is 14.3 Å². The largest absolute Gasteiger partial charge is 0.506 e. The number of amides is 1. The molecule has 0 saturated carbocycles. The lowest BCUT2D eigenvalue weighted by atomic mass is 10.1. The van der Waals surface area contributed by atoms with Crippen molar-refractivity contribution in [1.29, 1.82) is 0 Å².